The van der Waals surface area contributed by atoms with Gasteiger partial charge in [-0.25, -0.2) is 12.7 Å². The highest BCUT2D eigenvalue weighted by Crippen LogP contribution is 2.24. The molecule has 1 aliphatic rings. The molecule has 2 rings (SSSR count). The molecule has 1 aromatic heterocycles. The van der Waals surface area contributed by atoms with Crippen molar-refractivity contribution in [3.63, 3.8) is 0 Å². The molecule has 170 valence electrons. The summed E-state index contributed by atoms with van der Waals surface area (Å²) in [4.78, 5) is 11.9. The Labute approximate surface area is 175 Å². The first kappa shape index (κ1) is 27.5. The Balaban J connectivity index is 0.000000595. The lowest BCUT2D eigenvalue weighted by molar-refractivity contribution is -0.121. The van der Waals surface area contributed by atoms with Crippen LogP contribution in [0.5, 0.6) is 0 Å². The molecule has 2 heterocycles. The van der Waals surface area contributed by atoms with Gasteiger partial charge in [0.2, 0.25) is 21.8 Å². The molecular formula is C19H38N4O5S. The van der Waals surface area contributed by atoms with Crippen LogP contribution in [0, 0.1) is 0 Å². The first-order valence-corrected chi connectivity index (χ1v) is 11.7. The van der Waals surface area contributed by atoms with Gasteiger partial charge in [-0.1, -0.05) is 32.9 Å². The van der Waals surface area contributed by atoms with Gasteiger partial charge in [0.15, 0.2) is 0 Å². The number of aliphatic hydroxyl groups excluding tert-OH is 1. The van der Waals surface area contributed by atoms with Crippen LogP contribution in [0.4, 0.5) is 5.88 Å². The van der Waals surface area contributed by atoms with Crippen molar-refractivity contribution >= 4 is 21.8 Å². The lowest BCUT2D eigenvalue weighted by atomic mass is 9.91. The standard InChI is InChI=1S/C12H21N3O3.C5H11NO2S.C2H6/c1-11(2,7-16)8-6-9(18-15-8)14-10(17)12(3,4)13-5;1-9(7,8)6-4-2-3-5-6;1-2/h6,13,16H,7H2,1-5H3,(H,14,17);2-5H2,1H3;1-2H3. The normalized spacial score (nSPS) is 15.1. The van der Waals surface area contributed by atoms with Crippen LogP contribution in [-0.4, -0.2) is 67.4 Å². The number of aliphatic hydroxyl groups is 1. The van der Waals surface area contributed by atoms with E-state index in [0.29, 0.717) is 5.69 Å². The third kappa shape index (κ3) is 8.81. The molecular weight excluding hydrogens is 396 g/mol. The lowest BCUT2D eigenvalue weighted by Gasteiger charge is -2.21. The van der Waals surface area contributed by atoms with Crippen molar-refractivity contribution in [1.29, 1.82) is 0 Å². The van der Waals surface area contributed by atoms with Crippen LogP contribution < -0.4 is 10.6 Å². The number of hydrogen-bond acceptors (Lipinski definition) is 7. The predicted octanol–water partition coefficient (Wildman–Crippen LogP) is 1.95. The van der Waals surface area contributed by atoms with Gasteiger partial charge >= 0.3 is 0 Å². The van der Waals surface area contributed by atoms with E-state index in [4.69, 9.17) is 4.52 Å². The second kappa shape index (κ2) is 11.6. The van der Waals surface area contributed by atoms with Gasteiger partial charge in [-0.2, -0.15) is 0 Å². The highest BCUT2D eigenvalue weighted by atomic mass is 32.2. The Hall–Kier alpha value is -1.49. The Bertz CT molecular complexity index is 723. The molecule has 0 radical (unpaired) electrons. The van der Waals surface area contributed by atoms with Crippen molar-refractivity contribution in [2.75, 3.05) is 38.3 Å². The summed E-state index contributed by atoms with van der Waals surface area (Å²) in [6, 6.07) is 1.62. The number of likely N-dealkylation sites (N-methyl/N-ethyl adjacent to an activating group) is 1. The smallest absolute Gasteiger partial charge is 0.246 e. The summed E-state index contributed by atoms with van der Waals surface area (Å²) < 4.78 is 28.1. The van der Waals surface area contributed by atoms with Crippen LogP contribution in [-0.2, 0) is 20.2 Å². The van der Waals surface area contributed by atoms with Gasteiger partial charge in [0.1, 0.15) is 0 Å². The van der Waals surface area contributed by atoms with Crippen LogP contribution in [0.25, 0.3) is 0 Å². The molecule has 0 bridgehead atoms. The van der Waals surface area contributed by atoms with Crippen molar-refractivity contribution in [1.82, 2.24) is 14.8 Å². The molecule has 1 amide bonds. The Morgan fingerprint density at radius 1 is 1.24 bits per heavy atom. The summed E-state index contributed by atoms with van der Waals surface area (Å²) in [5.41, 5.74) is -0.590. The van der Waals surface area contributed by atoms with E-state index < -0.39 is 21.0 Å². The number of rotatable bonds is 6. The number of hydrogen-bond donors (Lipinski definition) is 3. The molecule has 0 saturated carbocycles. The number of anilines is 1. The number of nitrogens with zero attached hydrogens (tertiary/aromatic N) is 2. The second-order valence-corrected chi connectivity index (χ2v) is 9.80. The van der Waals surface area contributed by atoms with Gasteiger partial charge in [0.05, 0.1) is 24.1 Å². The number of sulfonamides is 1. The van der Waals surface area contributed by atoms with E-state index in [-0.39, 0.29) is 18.4 Å². The van der Waals surface area contributed by atoms with E-state index in [1.54, 1.807) is 27.0 Å². The van der Waals surface area contributed by atoms with Gasteiger partial charge in [0.25, 0.3) is 0 Å². The molecule has 29 heavy (non-hydrogen) atoms. The number of carbonyl (C=O) groups is 1. The summed E-state index contributed by atoms with van der Waals surface area (Å²) in [5, 5.41) is 18.6. The van der Waals surface area contributed by atoms with Gasteiger partial charge < -0.3 is 14.9 Å². The Kier molecular flexibility index (Phi) is 11.0. The maximum absolute atomic E-state index is 11.9. The topological polar surface area (TPSA) is 125 Å². The fraction of sp³-hybridized carbons (Fsp3) is 0.789. The van der Waals surface area contributed by atoms with E-state index in [9.17, 15) is 18.3 Å². The molecule has 0 unspecified atom stereocenters. The van der Waals surface area contributed by atoms with Crippen molar-refractivity contribution in [2.24, 2.45) is 0 Å². The van der Waals surface area contributed by atoms with E-state index >= 15 is 0 Å². The van der Waals surface area contributed by atoms with Crippen molar-refractivity contribution in [2.45, 2.75) is 65.3 Å². The highest BCUT2D eigenvalue weighted by molar-refractivity contribution is 7.88. The van der Waals surface area contributed by atoms with Crippen LogP contribution in [0.2, 0.25) is 0 Å². The Morgan fingerprint density at radius 3 is 2.14 bits per heavy atom. The summed E-state index contributed by atoms with van der Waals surface area (Å²) >= 11 is 0. The van der Waals surface area contributed by atoms with Crippen molar-refractivity contribution in [3.05, 3.63) is 11.8 Å². The van der Waals surface area contributed by atoms with E-state index in [0.717, 1.165) is 25.9 Å². The largest absolute Gasteiger partial charge is 0.395 e. The van der Waals surface area contributed by atoms with Crippen LogP contribution >= 0.6 is 0 Å². The van der Waals surface area contributed by atoms with Gasteiger partial charge in [-0.05, 0) is 33.7 Å². The van der Waals surface area contributed by atoms with E-state index in [1.165, 1.54) is 10.6 Å². The average molecular weight is 435 g/mol. The number of nitrogens with one attached hydrogen (secondary N) is 2. The van der Waals surface area contributed by atoms with E-state index in [2.05, 4.69) is 15.8 Å². The molecule has 3 N–H and O–H groups in total. The average Bonchev–Trinajstić information content (AvgIpc) is 3.36. The molecule has 0 atom stereocenters. The maximum Gasteiger partial charge on any atom is 0.246 e. The molecule has 9 nitrogen and oxygen atoms in total. The summed E-state index contributed by atoms with van der Waals surface area (Å²) in [6.07, 6.45) is 3.30. The SMILES string of the molecule is CC.CNC(C)(C)C(=O)Nc1cc(C(C)(C)CO)no1.CS(=O)(=O)N1CCCC1. The minimum atomic E-state index is -2.87. The quantitative estimate of drug-likeness (QED) is 0.625. The molecule has 1 saturated heterocycles. The molecule has 10 heteroatoms. The molecule has 1 fully saturated rings. The number of amides is 1. The number of carbonyl (C=O) groups excluding carboxylic acids is 1. The van der Waals surface area contributed by atoms with Crippen molar-refractivity contribution < 1.29 is 22.8 Å². The molecule has 0 spiro atoms. The number of aromatic nitrogens is 1. The Morgan fingerprint density at radius 2 is 1.76 bits per heavy atom. The highest BCUT2D eigenvalue weighted by Gasteiger charge is 2.28. The third-order valence-corrected chi connectivity index (χ3v) is 5.87. The van der Waals surface area contributed by atoms with Crippen LogP contribution in [0.15, 0.2) is 10.6 Å². The monoisotopic (exact) mass is 434 g/mol. The first-order chi connectivity index (χ1) is 13.3. The fourth-order valence-corrected chi connectivity index (χ4v) is 3.06. The molecule has 1 aliphatic heterocycles. The minimum absolute atomic E-state index is 0.0467. The van der Waals surface area contributed by atoms with Gasteiger partial charge in [-0.15, -0.1) is 0 Å². The maximum atomic E-state index is 11.9. The molecule has 1 aromatic rings. The molecule has 0 aromatic carbocycles. The lowest BCUT2D eigenvalue weighted by Crippen LogP contribution is -2.47. The van der Waals surface area contributed by atoms with Gasteiger partial charge in [0, 0.05) is 24.6 Å². The molecule has 0 aliphatic carbocycles. The van der Waals surface area contributed by atoms with Gasteiger partial charge in [-0.3, -0.25) is 10.1 Å². The van der Waals surface area contributed by atoms with Crippen LogP contribution in [0.3, 0.4) is 0 Å². The minimum Gasteiger partial charge on any atom is -0.395 e. The summed E-state index contributed by atoms with van der Waals surface area (Å²) in [7, 11) is -1.16. The summed E-state index contributed by atoms with van der Waals surface area (Å²) in [5.74, 6) is 0.0642. The van der Waals surface area contributed by atoms with Crippen LogP contribution in [0.1, 0.15) is 60.1 Å². The first-order valence-electron chi connectivity index (χ1n) is 9.87. The fourth-order valence-electron chi connectivity index (χ4n) is 2.14. The zero-order chi connectivity index (χ0) is 22.9. The predicted molar refractivity (Wildman–Crippen MR) is 115 cm³/mol. The zero-order valence-corrected chi connectivity index (χ0v) is 19.8. The summed E-state index contributed by atoms with van der Waals surface area (Å²) in [6.45, 7) is 12.6. The van der Waals surface area contributed by atoms with E-state index in [1.807, 2.05) is 27.7 Å². The third-order valence-electron chi connectivity index (χ3n) is 4.56. The van der Waals surface area contributed by atoms with Crippen molar-refractivity contribution in [3.8, 4) is 0 Å². The second-order valence-electron chi connectivity index (χ2n) is 7.82. The zero-order valence-electron chi connectivity index (χ0n) is 19.0.